The summed E-state index contributed by atoms with van der Waals surface area (Å²) in [6.45, 7) is 2.02. The van der Waals surface area contributed by atoms with E-state index in [2.05, 4.69) is 15.3 Å². The van der Waals surface area contributed by atoms with E-state index < -0.39 is 4.92 Å². The van der Waals surface area contributed by atoms with E-state index in [0.29, 0.717) is 22.2 Å². The van der Waals surface area contributed by atoms with Crippen molar-refractivity contribution in [3.63, 3.8) is 0 Å². The van der Waals surface area contributed by atoms with Crippen molar-refractivity contribution in [1.82, 2.24) is 14.4 Å². The summed E-state index contributed by atoms with van der Waals surface area (Å²) in [5.74, 6) is -0.345. The van der Waals surface area contributed by atoms with Crippen LogP contribution >= 0.6 is 0 Å². The summed E-state index contributed by atoms with van der Waals surface area (Å²) in [5.41, 5.74) is 5.34. The van der Waals surface area contributed by atoms with Gasteiger partial charge in [-0.25, -0.2) is 4.98 Å². The fourth-order valence-corrected chi connectivity index (χ4v) is 3.63. The predicted octanol–water partition coefficient (Wildman–Crippen LogP) is 4.95. The molecule has 0 bridgehead atoms. The number of anilines is 1. The largest absolute Gasteiger partial charge is 0.360 e. The van der Waals surface area contributed by atoms with Crippen LogP contribution in [0.15, 0.2) is 73.2 Å². The van der Waals surface area contributed by atoms with Gasteiger partial charge in [0.2, 0.25) is 0 Å². The number of pyridine rings is 1. The predicted molar refractivity (Wildman–Crippen MR) is 118 cm³/mol. The van der Waals surface area contributed by atoms with E-state index in [9.17, 15) is 14.9 Å². The van der Waals surface area contributed by atoms with Crippen molar-refractivity contribution in [1.29, 1.82) is 0 Å². The van der Waals surface area contributed by atoms with Crippen LogP contribution in [-0.2, 0) is 0 Å². The molecule has 0 unspecified atom stereocenters. The summed E-state index contributed by atoms with van der Waals surface area (Å²) in [5, 5.41) is 14.4. The fraction of sp³-hybridized carbons (Fsp3) is 0.0435. The molecule has 0 saturated carbocycles. The number of aromatic amines is 1. The third-order valence-corrected chi connectivity index (χ3v) is 5.24. The first kappa shape index (κ1) is 18.6. The highest BCUT2D eigenvalue weighted by Gasteiger charge is 2.16. The van der Waals surface area contributed by atoms with Gasteiger partial charge in [0.25, 0.3) is 11.6 Å². The molecule has 8 heteroatoms. The van der Waals surface area contributed by atoms with Gasteiger partial charge in [0.1, 0.15) is 5.65 Å². The third kappa shape index (κ3) is 3.29. The number of rotatable bonds is 4. The maximum absolute atomic E-state index is 12.8. The standard InChI is InChI=1S/C23H17N5O3/c1-14-3-2-10-27-13-21(26-22(14)27)15-4-6-16(7-5-15)25-23(29)19-12-24-20-9-8-17(28(30)31)11-18(19)20/h2-13,24H,1H3,(H,25,29). The Hall–Kier alpha value is -4.46. The van der Waals surface area contributed by atoms with Gasteiger partial charge in [-0.15, -0.1) is 0 Å². The molecule has 152 valence electrons. The number of nitro benzene ring substituents is 1. The molecule has 3 heterocycles. The van der Waals surface area contributed by atoms with Gasteiger partial charge in [-0.1, -0.05) is 18.2 Å². The monoisotopic (exact) mass is 411 g/mol. The smallest absolute Gasteiger partial charge is 0.270 e. The third-order valence-electron chi connectivity index (χ3n) is 5.24. The summed E-state index contributed by atoms with van der Waals surface area (Å²) in [6.07, 6.45) is 5.48. The fourth-order valence-electron chi connectivity index (χ4n) is 3.63. The number of aryl methyl sites for hydroxylation is 1. The molecule has 2 aromatic carbocycles. The number of carbonyl (C=O) groups excluding carboxylic acids is 1. The molecule has 0 spiro atoms. The van der Waals surface area contributed by atoms with E-state index in [4.69, 9.17) is 0 Å². The molecule has 0 radical (unpaired) electrons. The lowest BCUT2D eigenvalue weighted by Crippen LogP contribution is -2.11. The summed E-state index contributed by atoms with van der Waals surface area (Å²) in [6, 6.07) is 15.8. The SMILES string of the molecule is Cc1cccn2cc(-c3ccc(NC(=O)c4c[nH]c5ccc([N+](=O)[O-])cc45)cc3)nc12. The van der Waals surface area contributed by atoms with E-state index in [1.165, 1.54) is 12.1 Å². The normalized spacial score (nSPS) is 11.1. The van der Waals surface area contributed by atoms with Crippen LogP contribution in [0.5, 0.6) is 0 Å². The van der Waals surface area contributed by atoms with Crippen molar-refractivity contribution in [3.05, 3.63) is 94.4 Å². The number of nitrogens with one attached hydrogen (secondary N) is 2. The Bertz CT molecular complexity index is 1460. The summed E-state index contributed by atoms with van der Waals surface area (Å²) < 4.78 is 1.98. The lowest BCUT2D eigenvalue weighted by molar-refractivity contribution is -0.384. The van der Waals surface area contributed by atoms with Gasteiger partial charge >= 0.3 is 0 Å². The Kier molecular flexibility index (Phi) is 4.25. The summed E-state index contributed by atoms with van der Waals surface area (Å²) in [7, 11) is 0. The highest BCUT2D eigenvalue weighted by atomic mass is 16.6. The molecule has 0 aliphatic carbocycles. The van der Waals surface area contributed by atoms with Gasteiger partial charge < -0.3 is 14.7 Å². The number of benzene rings is 2. The number of aromatic nitrogens is 3. The van der Waals surface area contributed by atoms with Crippen LogP contribution in [0.4, 0.5) is 11.4 Å². The zero-order valence-electron chi connectivity index (χ0n) is 16.5. The van der Waals surface area contributed by atoms with Crippen LogP contribution in [0, 0.1) is 17.0 Å². The molecule has 8 nitrogen and oxygen atoms in total. The second-order valence-corrected chi connectivity index (χ2v) is 7.27. The molecule has 5 aromatic rings. The molecule has 0 fully saturated rings. The Morgan fingerprint density at radius 2 is 1.97 bits per heavy atom. The van der Waals surface area contributed by atoms with E-state index >= 15 is 0 Å². The molecule has 0 aliphatic rings. The molecule has 0 aliphatic heterocycles. The zero-order chi connectivity index (χ0) is 21.5. The number of hydrogen-bond acceptors (Lipinski definition) is 4. The highest BCUT2D eigenvalue weighted by Crippen LogP contribution is 2.26. The van der Waals surface area contributed by atoms with E-state index in [1.54, 1.807) is 24.4 Å². The first-order valence-electron chi connectivity index (χ1n) is 9.61. The average molecular weight is 411 g/mol. The first-order valence-corrected chi connectivity index (χ1v) is 9.61. The molecule has 5 rings (SSSR count). The van der Waals surface area contributed by atoms with Crippen molar-refractivity contribution in [3.8, 4) is 11.3 Å². The van der Waals surface area contributed by atoms with Crippen LogP contribution < -0.4 is 5.32 Å². The zero-order valence-corrected chi connectivity index (χ0v) is 16.5. The maximum atomic E-state index is 12.8. The quantitative estimate of drug-likeness (QED) is 0.322. The number of non-ortho nitro benzene ring substituents is 1. The number of amides is 1. The van der Waals surface area contributed by atoms with E-state index in [1.807, 2.05) is 48.0 Å². The number of nitro groups is 1. The first-order chi connectivity index (χ1) is 15.0. The molecular formula is C23H17N5O3. The van der Waals surface area contributed by atoms with Crippen molar-refractivity contribution >= 4 is 33.8 Å². The minimum atomic E-state index is -0.478. The molecule has 1 amide bonds. The van der Waals surface area contributed by atoms with Crippen molar-refractivity contribution in [2.45, 2.75) is 6.92 Å². The summed E-state index contributed by atoms with van der Waals surface area (Å²) >= 11 is 0. The number of hydrogen-bond donors (Lipinski definition) is 2. The number of nitrogens with zero attached hydrogens (tertiary/aromatic N) is 3. The molecular weight excluding hydrogens is 394 g/mol. The van der Waals surface area contributed by atoms with E-state index in [-0.39, 0.29) is 11.6 Å². The number of imidazole rings is 1. The molecule has 2 N–H and O–H groups in total. The Morgan fingerprint density at radius 1 is 1.16 bits per heavy atom. The van der Waals surface area contributed by atoms with Crippen molar-refractivity contribution in [2.24, 2.45) is 0 Å². The second-order valence-electron chi connectivity index (χ2n) is 7.27. The maximum Gasteiger partial charge on any atom is 0.270 e. The average Bonchev–Trinajstić information content (AvgIpc) is 3.39. The van der Waals surface area contributed by atoms with Gasteiger partial charge in [0.05, 0.1) is 16.2 Å². The topological polar surface area (TPSA) is 105 Å². The number of carbonyl (C=O) groups is 1. The molecule has 31 heavy (non-hydrogen) atoms. The summed E-state index contributed by atoms with van der Waals surface area (Å²) in [4.78, 5) is 31.0. The van der Waals surface area contributed by atoms with Gasteiger partial charge in [-0.3, -0.25) is 14.9 Å². The number of H-pyrrole nitrogens is 1. The molecule has 3 aromatic heterocycles. The highest BCUT2D eigenvalue weighted by molar-refractivity contribution is 6.13. The lowest BCUT2D eigenvalue weighted by Gasteiger charge is -2.05. The van der Waals surface area contributed by atoms with Gasteiger partial charge in [-0.05, 0) is 36.8 Å². The minimum absolute atomic E-state index is 0.0619. The Balaban J connectivity index is 1.40. The van der Waals surface area contributed by atoms with Crippen LogP contribution in [0.2, 0.25) is 0 Å². The molecule has 0 saturated heterocycles. The van der Waals surface area contributed by atoms with Gasteiger partial charge in [0.15, 0.2) is 0 Å². The van der Waals surface area contributed by atoms with Gasteiger partial charge in [-0.2, -0.15) is 0 Å². The van der Waals surface area contributed by atoms with Crippen LogP contribution in [0.25, 0.3) is 27.8 Å². The molecule has 0 atom stereocenters. The Labute approximate surface area is 176 Å². The van der Waals surface area contributed by atoms with Gasteiger partial charge in [0, 0.05) is 52.9 Å². The lowest BCUT2D eigenvalue weighted by atomic mass is 10.1. The van der Waals surface area contributed by atoms with Crippen molar-refractivity contribution in [2.75, 3.05) is 5.32 Å². The van der Waals surface area contributed by atoms with Crippen LogP contribution in [-0.4, -0.2) is 25.2 Å². The van der Waals surface area contributed by atoms with E-state index in [0.717, 1.165) is 22.5 Å². The van der Waals surface area contributed by atoms with Crippen molar-refractivity contribution < 1.29 is 9.72 Å². The second kappa shape index (κ2) is 7.10. The number of fused-ring (bicyclic) bond motifs is 2. The minimum Gasteiger partial charge on any atom is -0.360 e. The van der Waals surface area contributed by atoms with Crippen LogP contribution in [0.3, 0.4) is 0 Å². The Morgan fingerprint density at radius 3 is 2.71 bits per heavy atom. The van der Waals surface area contributed by atoms with Crippen LogP contribution in [0.1, 0.15) is 15.9 Å².